The Morgan fingerprint density at radius 3 is 2.39 bits per heavy atom. The average Bonchev–Trinajstić information content (AvgIpc) is 3.13. The molecule has 1 N–H and O–H groups in total. The summed E-state index contributed by atoms with van der Waals surface area (Å²) < 4.78 is 1.86. The molecule has 0 spiro atoms. The molecule has 4 heterocycles. The zero-order valence-electron chi connectivity index (χ0n) is 18.1. The smallest absolute Gasteiger partial charge is 0.225 e. The normalized spacial score (nSPS) is 14.4. The standard InChI is InChI=1S/C21H27N9.HI/c1-16-13-17(2)30(27-16)19-6-5-18(14-25-19)15-26-20(22-3)28-9-11-29(12-10-28)21-23-7-4-8-24-21;/h4-8,13-14H,9-12,15H2,1-3H3,(H,22,26);1H. The fourth-order valence-corrected chi connectivity index (χ4v) is 3.59. The molecule has 1 aliphatic rings. The van der Waals surface area contributed by atoms with Crippen LogP contribution in [-0.4, -0.2) is 68.8 Å². The Morgan fingerprint density at radius 2 is 1.81 bits per heavy atom. The molecule has 3 aromatic rings. The second kappa shape index (κ2) is 10.5. The van der Waals surface area contributed by atoms with Crippen molar-refractivity contribution in [2.24, 2.45) is 4.99 Å². The number of aromatic nitrogens is 5. The van der Waals surface area contributed by atoms with Crippen LogP contribution in [0.4, 0.5) is 5.95 Å². The number of aryl methyl sites for hydroxylation is 2. The summed E-state index contributed by atoms with van der Waals surface area (Å²) in [7, 11) is 1.82. The molecule has 1 fully saturated rings. The molecule has 0 atom stereocenters. The van der Waals surface area contributed by atoms with Crippen LogP contribution >= 0.6 is 24.0 Å². The molecule has 10 heteroatoms. The second-order valence-electron chi connectivity index (χ2n) is 7.29. The lowest BCUT2D eigenvalue weighted by atomic mass is 10.2. The van der Waals surface area contributed by atoms with E-state index in [2.05, 4.69) is 46.2 Å². The van der Waals surface area contributed by atoms with Gasteiger partial charge in [-0.1, -0.05) is 6.07 Å². The summed E-state index contributed by atoms with van der Waals surface area (Å²) in [6.45, 7) is 8.15. The first kappa shape index (κ1) is 22.9. The van der Waals surface area contributed by atoms with Crippen LogP contribution in [0.15, 0.2) is 47.8 Å². The number of anilines is 1. The zero-order chi connectivity index (χ0) is 20.9. The highest BCUT2D eigenvalue weighted by molar-refractivity contribution is 14.0. The summed E-state index contributed by atoms with van der Waals surface area (Å²) in [6, 6.07) is 7.95. The van der Waals surface area contributed by atoms with E-state index >= 15 is 0 Å². The van der Waals surface area contributed by atoms with Gasteiger partial charge in [-0.2, -0.15) is 5.10 Å². The minimum Gasteiger partial charge on any atom is -0.352 e. The lowest BCUT2D eigenvalue weighted by molar-refractivity contribution is 0.370. The van der Waals surface area contributed by atoms with Crippen LogP contribution < -0.4 is 10.2 Å². The van der Waals surface area contributed by atoms with Gasteiger partial charge in [0.15, 0.2) is 11.8 Å². The van der Waals surface area contributed by atoms with Gasteiger partial charge in [-0.3, -0.25) is 4.99 Å². The maximum Gasteiger partial charge on any atom is 0.225 e. The van der Waals surface area contributed by atoms with E-state index in [0.29, 0.717) is 6.54 Å². The highest BCUT2D eigenvalue weighted by atomic mass is 127. The first-order valence-corrected chi connectivity index (χ1v) is 10.1. The molecule has 9 nitrogen and oxygen atoms in total. The van der Waals surface area contributed by atoms with Gasteiger partial charge in [0.05, 0.1) is 5.69 Å². The lowest BCUT2D eigenvalue weighted by Gasteiger charge is -2.36. The third-order valence-electron chi connectivity index (χ3n) is 5.11. The molecule has 0 radical (unpaired) electrons. The van der Waals surface area contributed by atoms with Gasteiger partial charge in [-0.15, -0.1) is 24.0 Å². The predicted octanol–water partition coefficient (Wildman–Crippen LogP) is 2.19. The Morgan fingerprint density at radius 1 is 1.06 bits per heavy atom. The molecule has 1 saturated heterocycles. The van der Waals surface area contributed by atoms with Crippen LogP contribution in [-0.2, 0) is 6.54 Å². The third kappa shape index (κ3) is 5.49. The molecule has 0 aliphatic carbocycles. The Kier molecular flexibility index (Phi) is 7.77. The first-order valence-electron chi connectivity index (χ1n) is 10.1. The van der Waals surface area contributed by atoms with Crippen molar-refractivity contribution in [1.29, 1.82) is 0 Å². The van der Waals surface area contributed by atoms with E-state index in [-0.39, 0.29) is 24.0 Å². The maximum atomic E-state index is 4.57. The highest BCUT2D eigenvalue weighted by Crippen LogP contribution is 2.12. The third-order valence-corrected chi connectivity index (χ3v) is 5.11. The van der Waals surface area contributed by atoms with E-state index < -0.39 is 0 Å². The number of rotatable bonds is 4. The van der Waals surface area contributed by atoms with Crippen molar-refractivity contribution in [1.82, 2.24) is 34.9 Å². The van der Waals surface area contributed by atoms with Crippen LogP contribution in [0.5, 0.6) is 0 Å². The molecule has 0 unspecified atom stereocenters. The van der Waals surface area contributed by atoms with Gasteiger partial charge in [0, 0.05) is 64.1 Å². The average molecular weight is 533 g/mol. The SMILES string of the molecule is CN=C(NCc1ccc(-n2nc(C)cc2C)nc1)N1CCN(c2ncccn2)CC1.I. The monoisotopic (exact) mass is 533 g/mol. The van der Waals surface area contributed by atoms with E-state index in [1.54, 1.807) is 12.4 Å². The summed E-state index contributed by atoms with van der Waals surface area (Å²) in [5, 5.41) is 7.94. The van der Waals surface area contributed by atoms with Gasteiger partial charge in [0.1, 0.15) is 0 Å². The fourth-order valence-electron chi connectivity index (χ4n) is 3.59. The fraction of sp³-hybridized carbons (Fsp3) is 0.381. The number of hydrogen-bond donors (Lipinski definition) is 1. The largest absolute Gasteiger partial charge is 0.352 e. The molecular weight excluding hydrogens is 505 g/mol. The number of hydrogen-bond acceptors (Lipinski definition) is 6. The molecule has 1 aliphatic heterocycles. The molecule has 0 aromatic carbocycles. The summed E-state index contributed by atoms with van der Waals surface area (Å²) in [5.41, 5.74) is 3.16. The predicted molar refractivity (Wildman–Crippen MR) is 132 cm³/mol. The molecule has 0 amide bonds. The van der Waals surface area contributed by atoms with Gasteiger partial charge in [0.2, 0.25) is 5.95 Å². The minimum atomic E-state index is 0. The molecule has 0 bridgehead atoms. The topological polar surface area (TPSA) is 87.4 Å². The van der Waals surface area contributed by atoms with Crippen molar-refractivity contribution in [2.75, 3.05) is 38.1 Å². The number of nitrogens with zero attached hydrogens (tertiary/aromatic N) is 8. The minimum absolute atomic E-state index is 0. The summed E-state index contributed by atoms with van der Waals surface area (Å²) in [6.07, 6.45) is 5.45. The number of aliphatic imine (C=N–C) groups is 1. The quantitative estimate of drug-likeness (QED) is 0.313. The van der Waals surface area contributed by atoms with E-state index in [0.717, 1.165) is 60.9 Å². The Labute approximate surface area is 199 Å². The molecule has 3 aromatic heterocycles. The summed E-state index contributed by atoms with van der Waals surface area (Å²) in [5.74, 6) is 2.51. The summed E-state index contributed by atoms with van der Waals surface area (Å²) in [4.78, 5) is 22.2. The molecule has 4 rings (SSSR count). The van der Waals surface area contributed by atoms with Crippen molar-refractivity contribution in [3.8, 4) is 5.82 Å². The van der Waals surface area contributed by atoms with Crippen LogP contribution in [0, 0.1) is 13.8 Å². The van der Waals surface area contributed by atoms with Crippen molar-refractivity contribution in [3.63, 3.8) is 0 Å². The van der Waals surface area contributed by atoms with Gasteiger partial charge >= 0.3 is 0 Å². The van der Waals surface area contributed by atoms with Gasteiger partial charge in [0.25, 0.3) is 0 Å². The van der Waals surface area contributed by atoms with Crippen LogP contribution in [0.1, 0.15) is 17.0 Å². The van der Waals surface area contributed by atoms with Gasteiger partial charge in [-0.25, -0.2) is 19.6 Å². The van der Waals surface area contributed by atoms with E-state index in [4.69, 9.17) is 0 Å². The van der Waals surface area contributed by atoms with Crippen LogP contribution in [0.25, 0.3) is 5.82 Å². The Hall–Kier alpha value is -2.76. The zero-order valence-corrected chi connectivity index (χ0v) is 20.4. The lowest BCUT2D eigenvalue weighted by Crippen LogP contribution is -2.52. The molecular formula is C21H28IN9. The second-order valence-corrected chi connectivity index (χ2v) is 7.29. The molecule has 0 saturated carbocycles. The number of nitrogens with one attached hydrogen (secondary N) is 1. The van der Waals surface area contributed by atoms with Gasteiger partial charge in [-0.05, 0) is 37.6 Å². The number of halogens is 1. The number of piperazine rings is 1. The van der Waals surface area contributed by atoms with E-state index in [1.165, 1.54) is 0 Å². The number of guanidine groups is 1. The van der Waals surface area contributed by atoms with Crippen molar-refractivity contribution < 1.29 is 0 Å². The van der Waals surface area contributed by atoms with Crippen molar-refractivity contribution >= 4 is 35.9 Å². The molecule has 31 heavy (non-hydrogen) atoms. The van der Waals surface area contributed by atoms with Crippen molar-refractivity contribution in [3.05, 3.63) is 59.8 Å². The highest BCUT2D eigenvalue weighted by Gasteiger charge is 2.21. The van der Waals surface area contributed by atoms with Crippen molar-refractivity contribution in [2.45, 2.75) is 20.4 Å². The van der Waals surface area contributed by atoms with E-state index in [9.17, 15) is 0 Å². The summed E-state index contributed by atoms with van der Waals surface area (Å²) >= 11 is 0. The van der Waals surface area contributed by atoms with Crippen LogP contribution in [0.3, 0.4) is 0 Å². The Balaban J connectivity index is 0.00000272. The Bertz CT molecular complexity index is 993. The maximum absolute atomic E-state index is 4.57. The van der Waals surface area contributed by atoms with Gasteiger partial charge < -0.3 is 15.1 Å². The first-order chi connectivity index (χ1) is 14.6. The number of pyridine rings is 1. The van der Waals surface area contributed by atoms with E-state index in [1.807, 2.05) is 50.0 Å². The van der Waals surface area contributed by atoms with Crippen LogP contribution in [0.2, 0.25) is 0 Å². The molecule has 164 valence electrons.